The number of nitrogens with zero attached hydrogens (tertiary/aromatic N) is 6. The van der Waals surface area contributed by atoms with Gasteiger partial charge in [0.05, 0.1) is 37.7 Å². The molecule has 0 aliphatic carbocycles. The van der Waals surface area contributed by atoms with Gasteiger partial charge < -0.3 is 19.7 Å². The molecule has 9 nitrogen and oxygen atoms in total. The Morgan fingerprint density at radius 3 is 2.66 bits per heavy atom. The first-order valence-corrected chi connectivity index (χ1v) is 12.2. The fourth-order valence-electron chi connectivity index (χ4n) is 5.01. The zero-order valence-corrected chi connectivity index (χ0v) is 20.8. The van der Waals surface area contributed by atoms with E-state index in [4.69, 9.17) is 0 Å². The minimum absolute atomic E-state index is 0.0719. The van der Waals surface area contributed by atoms with E-state index in [0.29, 0.717) is 30.8 Å². The summed E-state index contributed by atoms with van der Waals surface area (Å²) < 4.78 is 45.1. The van der Waals surface area contributed by atoms with Crippen LogP contribution < -0.4 is 10.2 Å². The molecule has 196 valence electrons. The lowest BCUT2D eigenvalue weighted by Crippen LogP contribution is -2.59. The molecular formula is C26H25F3N8O. The molecule has 5 heterocycles. The number of H-pyrrole nitrogens is 1. The van der Waals surface area contributed by atoms with Crippen molar-refractivity contribution in [2.45, 2.75) is 25.6 Å². The van der Waals surface area contributed by atoms with Gasteiger partial charge in [-0.2, -0.15) is 10.1 Å². The van der Waals surface area contributed by atoms with Gasteiger partial charge in [0.1, 0.15) is 17.2 Å². The normalized spacial score (nSPS) is 16.2. The van der Waals surface area contributed by atoms with Crippen LogP contribution in [-0.4, -0.2) is 60.8 Å². The lowest BCUT2D eigenvalue weighted by Gasteiger charge is -2.42. The highest BCUT2D eigenvalue weighted by Crippen LogP contribution is 2.31. The zero-order valence-electron chi connectivity index (χ0n) is 20.8. The summed E-state index contributed by atoms with van der Waals surface area (Å²) >= 11 is 0. The molecule has 4 aromatic rings. The molecule has 2 aliphatic heterocycles. The first-order chi connectivity index (χ1) is 18.2. The number of alkyl halides is 1. The largest absolute Gasteiger partial charge is 0.342 e. The molecule has 0 spiro atoms. The molecular weight excluding hydrogens is 497 g/mol. The molecule has 1 saturated heterocycles. The number of halogens is 3. The van der Waals surface area contributed by atoms with Crippen LogP contribution in [0.2, 0.25) is 0 Å². The van der Waals surface area contributed by atoms with Crippen molar-refractivity contribution in [1.29, 1.82) is 0 Å². The van der Waals surface area contributed by atoms with Crippen LogP contribution in [0.1, 0.15) is 28.7 Å². The highest BCUT2D eigenvalue weighted by Gasteiger charge is 2.42. The van der Waals surface area contributed by atoms with Crippen LogP contribution in [0.15, 0.2) is 42.9 Å². The number of aromatic amines is 1. The minimum atomic E-state index is -1.34. The topological polar surface area (TPSA) is 95.0 Å². The van der Waals surface area contributed by atoms with Gasteiger partial charge in [0.25, 0.3) is 5.91 Å². The van der Waals surface area contributed by atoms with Crippen LogP contribution in [0.25, 0.3) is 11.1 Å². The number of carbonyl (C=O) groups excluding carboxylic acids is 1. The van der Waals surface area contributed by atoms with Crippen molar-refractivity contribution in [3.63, 3.8) is 0 Å². The lowest BCUT2D eigenvalue weighted by molar-refractivity contribution is -0.00847. The second kappa shape index (κ2) is 8.89. The van der Waals surface area contributed by atoms with Crippen molar-refractivity contribution < 1.29 is 18.0 Å². The number of likely N-dealkylation sites (tertiary alicyclic amines) is 1. The Kier molecular flexibility index (Phi) is 5.62. The van der Waals surface area contributed by atoms with Gasteiger partial charge in [0, 0.05) is 31.0 Å². The van der Waals surface area contributed by atoms with E-state index in [9.17, 15) is 18.0 Å². The maximum absolute atomic E-state index is 14.8. The third-order valence-corrected chi connectivity index (χ3v) is 7.05. The molecule has 1 fully saturated rings. The van der Waals surface area contributed by atoms with Crippen molar-refractivity contribution >= 4 is 23.4 Å². The smallest absolute Gasteiger partial charge is 0.270 e. The Hall–Kier alpha value is -4.35. The highest BCUT2D eigenvalue weighted by atomic mass is 19.1. The van der Waals surface area contributed by atoms with Gasteiger partial charge in [-0.3, -0.25) is 9.89 Å². The Morgan fingerprint density at radius 2 is 1.95 bits per heavy atom. The third kappa shape index (κ3) is 4.25. The molecule has 2 aliphatic rings. The predicted octanol–water partition coefficient (Wildman–Crippen LogP) is 3.97. The van der Waals surface area contributed by atoms with E-state index in [2.05, 4.69) is 25.5 Å². The number of nitrogens with one attached hydrogen (secondary N) is 2. The number of benzene rings is 1. The molecule has 0 bridgehead atoms. The van der Waals surface area contributed by atoms with Crippen molar-refractivity contribution in [3.8, 4) is 11.1 Å². The number of carbonyl (C=O) groups is 1. The average molecular weight is 523 g/mol. The highest BCUT2D eigenvalue weighted by molar-refractivity contribution is 5.94. The molecule has 0 unspecified atom stereocenters. The van der Waals surface area contributed by atoms with E-state index in [1.165, 1.54) is 24.0 Å². The van der Waals surface area contributed by atoms with Gasteiger partial charge in [-0.15, -0.1) is 0 Å². The van der Waals surface area contributed by atoms with Gasteiger partial charge in [-0.1, -0.05) is 6.07 Å². The Labute approximate surface area is 216 Å². The Morgan fingerprint density at radius 1 is 1.13 bits per heavy atom. The van der Waals surface area contributed by atoms with Gasteiger partial charge in [0.15, 0.2) is 11.6 Å². The van der Waals surface area contributed by atoms with Crippen molar-refractivity contribution in [2.75, 3.05) is 29.9 Å². The number of rotatable bonds is 5. The second-order valence-electron chi connectivity index (χ2n) is 9.98. The van der Waals surface area contributed by atoms with Crippen LogP contribution >= 0.6 is 0 Å². The summed E-state index contributed by atoms with van der Waals surface area (Å²) in [6.45, 7) is 2.61. The molecule has 1 aromatic carbocycles. The quantitative estimate of drug-likeness (QED) is 0.412. The average Bonchev–Trinajstić information content (AvgIpc) is 3.53. The minimum Gasteiger partial charge on any atom is -0.342 e. The zero-order chi connectivity index (χ0) is 26.6. The maximum Gasteiger partial charge on any atom is 0.270 e. The summed E-state index contributed by atoms with van der Waals surface area (Å²) in [4.78, 5) is 24.8. The molecule has 0 atom stereocenters. The number of amides is 1. The Balaban J connectivity index is 1.21. The molecule has 0 saturated carbocycles. The first-order valence-electron chi connectivity index (χ1n) is 12.2. The Bertz CT molecular complexity index is 1520. The SMILES string of the molecule is Cn1c(C(=O)N2CC(C)(F)C2)cc2c1CN(c1ncc(F)c(Nc3ccc(-c4cn[nH]c4)cc3F)n1)CC2. The fourth-order valence-corrected chi connectivity index (χ4v) is 5.01. The summed E-state index contributed by atoms with van der Waals surface area (Å²) in [5, 5.41) is 9.28. The lowest BCUT2D eigenvalue weighted by atomic mass is 9.98. The maximum atomic E-state index is 14.8. The molecule has 38 heavy (non-hydrogen) atoms. The van der Waals surface area contributed by atoms with E-state index in [1.807, 2.05) is 15.5 Å². The number of aromatic nitrogens is 5. The van der Waals surface area contributed by atoms with Crippen LogP contribution in [-0.2, 0) is 20.0 Å². The van der Waals surface area contributed by atoms with Gasteiger partial charge in [-0.25, -0.2) is 18.2 Å². The monoisotopic (exact) mass is 522 g/mol. The van der Waals surface area contributed by atoms with Crippen molar-refractivity contribution in [3.05, 3.63) is 71.4 Å². The molecule has 1 amide bonds. The summed E-state index contributed by atoms with van der Waals surface area (Å²) in [5.74, 6) is -1.35. The molecule has 2 N–H and O–H groups in total. The van der Waals surface area contributed by atoms with Crippen LogP contribution in [0, 0.1) is 11.6 Å². The second-order valence-corrected chi connectivity index (χ2v) is 9.98. The van der Waals surface area contributed by atoms with E-state index in [1.54, 1.807) is 25.5 Å². The first kappa shape index (κ1) is 24.0. The third-order valence-electron chi connectivity index (χ3n) is 7.05. The summed E-state index contributed by atoms with van der Waals surface area (Å²) in [5.41, 5.74) is 2.53. The summed E-state index contributed by atoms with van der Waals surface area (Å²) in [6.07, 6.45) is 4.91. The molecule has 0 radical (unpaired) electrons. The van der Waals surface area contributed by atoms with E-state index < -0.39 is 17.3 Å². The van der Waals surface area contributed by atoms with Gasteiger partial charge in [0.2, 0.25) is 5.95 Å². The molecule has 12 heteroatoms. The summed E-state index contributed by atoms with van der Waals surface area (Å²) in [6, 6.07) is 6.41. The van der Waals surface area contributed by atoms with Gasteiger partial charge in [-0.05, 0) is 42.7 Å². The summed E-state index contributed by atoms with van der Waals surface area (Å²) in [7, 11) is 1.80. The number of anilines is 3. The predicted molar refractivity (Wildman–Crippen MR) is 135 cm³/mol. The fraction of sp³-hybridized carbons (Fsp3) is 0.308. The van der Waals surface area contributed by atoms with Crippen LogP contribution in [0.4, 0.5) is 30.6 Å². The van der Waals surface area contributed by atoms with Crippen molar-refractivity contribution in [1.82, 2.24) is 29.6 Å². The number of hydrogen-bond acceptors (Lipinski definition) is 6. The van der Waals surface area contributed by atoms with Crippen LogP contribution in [0.3, 0.4) is 0 Å². The molecule has 3 aromatic heterocycles. The van der Waals surface area contributed by atoms with E-state index in [0.717, 1.165) is 23.0 Å². The standard InChI is InChI=1S/C26H25F3N8O/c1-26(29)13-37(14-26)24(38)21-8-16-5-6-36(12-22(16)35(21)2)25-30-11-19(28)23(34-25)33-20-4-3-15(7-18(20)27)17-9-31-32-10-17/h3-4,7-11H,5-6,12-14H2,1-2H3,(H,31,32)(H,30,33,34). The van der Waals surface area contributed by atoms with E-state index >= 15 is 0 Å². The van der Waals surface area contributed by atoms with E-state index in [-0.39, 0.29) is 36.5 Å². The van der Waals surface area contributed by atoms with Gasteiger partial charge >= 0.3 is 0 Å². The number of hydrogen-bond donors (Lipinski definition) is 2. The molecule has 6 rings (SSSR count). The number of fused-ring (bicyclic) bond motifs is 1. The van der Waals surface area contributed by atoms with Crippen molar-refractivity contribution in [2.24, 2.45) is 7.05 Å². The van der Waals surface area contributed by atoms with Crippen LogP contribution in [0.5, 0.6) is 0 Å².